The first kappa shape index (κ1) is 25.6. The zero-order valence-corrected chi connectivity index (χ0v) is 17.4. The number of unbranched alkanes of at least 4 members (excludes halogenated alkanes) is 10. The van der Waals surface area contributed by atoms with E-state index in [4.69, 9.17) is 10.8 Å². The molecule has 0 heterocycles. The lowest BCUT2D eigenvalue weighted by Crippen LogP contribution is -2.30. The normalized spacial score (nSPS) is 12.4. The molecular weight excluding hydrogens is 340 g/mol. The Morgan fingerprint density at radius 3 is 2.11 bits per heavy atom. The lowest BCUT2D eigenvalue weighted by atomic mass is 10.1. The van der Waals surface area contributed by atoms with E-state index in [1.807, 2.05) is 0 Å². The smallest absolute Gasteiger partial charge is 0.320 e. The maximum Gasteiger partial charge on any atom is 0.320 e. The van der Waals surface area contributed by atoms with Crippen LogP contribution in [0, 0.1) is 0 Å². The molecule has 0 bridgehead atoms. The molecule has 0 saturated heterocycles. The molecular formula is C22H42N2O3. The summed E-state index contributed by atoms with van der Waals surface area (Å²) in [6, 6.07) is -0.791. The van der Waals surface area contributed by atoms with Gasteiger partial charge in [-0.15, -0.1) is 0 Å². The van der Waals surface area contributed by atoms with E-state index in [-0.39, 0.29) is 5.91 Å². The molecule has 0 aliphatic carbocycles. The third-order valence-corrected chi connectivity index (χ3v) is 4.75. The highest BCUT2D eigenvalue weighted by molar-refractivity contribution is 5.75. The number of carbonyl (C=O) groups is 2. The molecule has 0 aliphatic heterocycles. The predicted molar refractivity (Wildman–Crippen MR) is 113 cm³/mol. The molecule has 0 saturated carbocycles. The van der Waals surface area contributed by atoms with Crippen LogP contribution in [0.15, 0.2) is 12.2 Å². The quantitative estimate of drug-likeness (QED) is 0.218. The number of hydrogen-bond acceptors (Lipinski definition) is 3. The standard InChI is InChI=1S/C22H42N2O3/c1-2-3-4-5-6-7-8-9-10-11-12-13-14-18-21(25)24-19-16-15-17-20(23)22(26)27/h9-10,20H,2-8,11-19,23H2,1H3,(H,24,25)(H,26,27)/b10-9+/t20-/m0/s1. The first-order valence-corrected chi connectivity index (χ1v) is 11.0. The van der Waals surface area contributed by atoms with Gasteiger partial charge in [-0.2, -0.15) is 0 Å². The van der Waals surface area contributed by atoms with E-state index in [1.165, 1.54) is 44.9 Å². The van der Waals surface area contributed by atoms with Gasteiger partial charge in [0.15, 0.2) is 0 Å². The number of carbonyl (C=O) groups excluding carboxylic acids is 1. The highest BCUT2D eigenvalue weighted by Gasteiger charge is 2.10. The van der Waals surface area contributed by atoms with Crippen LogP contribution in [0.5, 0.6) is 0 Å². The molecule has 1 atom stereocenters. The van der Waals surface area contributed by atoms with E-state index in [9.17, 15) is 9.59 Å². The summed E-state index contributed by atoms with van der Waals surface area (Å²) in [7, 11) is 0. The molecule has 158 valence electrons. The predicted octanol–water partition coefficient (Wildman–Crippen LogP) is 4.94. The summed E-state index contributed by atoms with van der Waals surface area (Å²) in [5, 5.41) is 11.6. The summed E-state index contributed by atoms with van der Waals surface area (Å²) in [5.74, 6) is -0.868. The van der Waals surface area contributed by atoms with Gasteiger partial charge in [0.25, 0.3) is 0 Å². The molecule has 0 aromatic rings. The first-order chi connectivity index (χ1) is 13.1. The number of carboxylic acids is 1. The van der Waals surface area contributed by atoms with Crippen molar-refractivity contribution in [3.8, 4) is 0 Å². The van der Waals surface area contributed by atoms with E-state index < -0.39 is 12.0 Å². The van der Waals surface area contributed by atoms with Crippen LogP contribution in [0.3, 0.4) is 0 Å². The SMILES string of the molecule is CCCCCCCC/C=C/CCCCCC(=O)NCCCC[C@H](N)C(=O)O. The van der Waals surface area contributed by atoms with Gasteiger partial charge >= 0.3 is 5.97 Å². The number of allylic oxidation sites excluding steroid dienone is 2. The summed E-state index contributed by atoms with van der Waals surface area (Å²) in [6.07, 6.45) is 20.7. The highest BCUT2D eigenvalue weighted by atomic mass is 16.4. The Hall–Kier alpha value is -1.36. The minimum absolute atomic E-state index is 0.0937. The minimum atomic E-state index is -0.962. The maximum atomic E-state index is 11.7. The summed E-state index contributed by atoms with van der Waals surface area (Å²) in [5.41, 5.74) is 5.43. The van der Waals surface area contributed by atoms with E-state index in [0.717, 1.165) is 38.5 Å². The molecule has 0 aromatic heterocycles. The fourth-order valence-corrected chi connectivity index (χ4v) is 2.93. The van der Waals surface area contributed by atoms with E-state index >= 15 is 0 Å². The molecule has 0 rings (SSSR count). The Morgan fingerprint density at radius 1 is 0.889 bits per heavy atom. The van der Waals surface area contributed by atoms with Crippen LogP contribution in [0.1, 0.15) is 103 Å². The Bertz CT molecular complexity index is 397. The number of carboxylic acid groups (broad SMARTS) is 1. The average Bonchev–Trinajstić information content (AvgIpc) is 2.64. The van der Waals surface area contributed by atoms with E-state index in [2.05, 4.69) is 24.4 Å². The summed E-state index contributed by atoms with van der Waals surface area (Å²) >= 11 is 0. The van der Waals surface area contributed by atoms with E-state index in [1.54, 1.807) is 0 Å². The van der Waals surface area contributed by atoms with Gasteiger partial charge < -0.3 is 16.2 Å². The molecule has 5 heteroatoms. The molecule has 27 heavy (non-hydrogen) atoms. The van der Waals surface area contributed by atoms with Gasteiger partial charge in [-0.3, -0.25) is 9.59 Å². The van der Waals surface area contributed by atoms with Crippen LogP contribution in [-0.4, -0.2) is 29.6 Å². The lowest BCUT2D eigenvalue weighted by Gasteiger charge is -2.07. The molecule has 0 fully saturated rings. The Labute approximate surface area is 166 Å². The molecule has 0 aliphatic rings. The van der Waals surface area contributed by atoms with Crippen molar-refractivity contribution in [3.05, 3.63) is 12.2 Å². The number of rotatable bonds is 19. The average molecular weight is 383 g/mol. The molecule has 5 nitrogen and oxygen atoms in total. The Morgan fingerprint density at radius 2 is 1.48 bits per heavy atom. The summed E-state index contributed by atoms with van der Waals surface area (Å²) in [6.45, 7) is 2.85. The van der Waals surface area contributed by atoms with Crippen molar-refractivity contribution in [3.63, 3.8) is 0 Å². The van der Waals surface area contributed by atoms with Crippen molar-refractivity contribution < 1.29 is 14.7 Å². The van der Waals surface area contributed by atoms with Gasteiger partial charge in [-0.05, 0) is 51.4 Å². The van der Waals surface area contributed by atoms with Gasteiger partial charge in [-0.1, -0.05) is 57.6 Å². The molecule has 0 aromatic carbocycles. The van der Waals surface area contributed by atoms with Gasteiger partial charge in [0, 0.05) is 13.0 Å². The third kappa shape index (κ3) is 19.2. The minimum Gasteiger partial charge on any atom is -0.480 e. The highest BCUT2D eigenvalue weighted by Crippen LogP contribution is 2.08. The lowest BCUT2D eigenvalue weighted by molar-refractivity contribution is -0.138. The number of nitrogens with two attached hydrogens (primary N) is 1. The second-order valence-corrected chi connectivity index (χ2v) is 7.42. The summed E-state index contributed by atoms with van der Waals surface area (Å²) in [4.78, 5) is 22.3. The molecule has 4 N–H and O–H groups in total. The van der Waals surface area contributed by atoms with Crippen molar-refractivity contribution in [2.24, 2.45) is 5.73 Å². The van der Waals surface area contributed by atoms with Crippen molar-refractivity contribution in [2.45, 2.75) is 109 Å². The molecule has 0 spiro atoms. The van der Waals surface area contributed by atoms with Crippen LogP contribution in [0.2, 0.25) is 0 Å². The maximum absolute atomic E-state index is 11.7. The summed E-state index contributed by atoms with van der Waals surface area (Å²) < 4.78 is 0. The van der Waals surface area contributed by atoms with Crippen LogP contribution in [-0.2, 0) is 9.59 Å². The fraction of sp³-hybridized carbons (Fsp3) is 0.818. The third-order valence-electron chi connectivity index (χ3n) is 4.75. The zero-order valence-electron chi connectivity index (χ0n) is 17.4. The number of aliphatic carboxylic acids is 1. The van der Waals surface area contributed by atoms with Crippen molar-refractivity contribution >= 4 is 11.9 Å². The topological polar surface area (TPSA) is 92.4 Å². The van der Waals surface area contributed by atoms with Gasteiger partial charge in [0.1, 0.15) is 6.04 Å². The Kier molecular flexibility index (Phi) is 18.4. The van der Waals surface area contributed by atoms with Gasteiger partial charge in [0.05, 0.1) is 0 Å². The molecule has 0 radical (unpaired) electrons. The van der Waals surface area contributed by atoms with Crippen LogP contribution >= 0.6 is 0 Å². The fourth-order valence-electron chi connectivity index (χ4n) is 2.93. The van der Waals surface area contributed by atoms with Crippen molar-refractivity contribution in [2.75, 3.05) is 6.54 Å². The number of nitrogens with one attached hydrogen (secondary N) is 1. The van der Waals surface area contributed by atoms with Gasteiger partial charge in [-0.25, -0.2) is 0 Å². The monoisotopic (exact) mass is 382 g/mol. The second-order valence-electron chi connectivity index (χ2n) is 7.42. The van der Waals surface area contributed by atoms with E-state index in [0.29, 0.717) is 19.4 Å². The largest absolute Gasteiger partial charge is 0.480 e. The van der Waals surface area contributed by atoms with Gasteiger partial charge in [0.2, 0.25) is 5.91 Å². The first-order valence-electron chi connectivity index (χ1n) is 11.0. The molecule has 0 unspecified atom stereocenters. The van der Waals surface area contributed by atoms with Crippen molar-refractivity contribution in [1.82, 2.24) is 5.32 Å². The second kappa shape index (κ2) is 19.4. The van der Waals surface area contributed by atoms with Crippen LogP contribution in [0.25, 0.3) is 0 Å². The number of amides is 1. The molecule has 1 amide bonds. The number of hydrogen-bond donors (Lipinski definition) is 3. The Balaban J connectivity index is 3.31. The van der Waals surface area contributed by atoms with Crippen LogP contribution < -0.4 is 11.1 Å². The zero-order chi connectivity index (χ0) is 20.2. The van der Waals surface area contributed by atoms with Crippen LogP contribution in [0.4, 0.5) is 0 Å². The van der Waals surface area contributed by atoms with Crippen molar-refractivity contribution in [1.29, 1.82) is 0 Å².